The van der Waals surface area contributed by atoms with Crippen LogP contribution in [0.4, 0.5) is 5.95 Å². The Balaban J connectivity index is 1.41. The second kappa shape index (κ2) is 11.8. The number of aromatic nitrogens is 3. The van der Waals surface area contributed by atoms with E-state index in [2.05, 4.69) is 21.7 Å². The zero-order chi connectivity index (χ0) is 31.1. The average Bonchev–Trinajstić information content (AvgIpc) is 3.50. The highest BCUT2D eigenvalue weighted by Gasteiger charge is 2.32. The summed E-state index contributed by atoms with van der Waals surface area (Å²) in [6.45, 7) is 4.06. The van der Waals surface area contributed by atoms with E-state index in [0.29, 0.717) is 50.5 Å². The van der Waals surface area contributed by atoms with Crippen molar-refractivity contribution in [1.29, 1.82) is 0 Å². The third kappa shape index (κ3) is 5.44. The highest BCUT2D eigenvalue weighted by molar-refractivity contribution is 6.42. The third-order valence-electron chi connectivity index (χ3n) is 8.08. The Kier molecular flexibility index (Phi) is 7.92. The maximum absolute atomic E-state index is 14.2. The molecule has 3 N–H and O–H groups in total. The zero-order valence-electron chi connectivity index (χ0n) is 24.3. The monoisotopic (exact) mass is 628 g/mol. The number of rotatable bonds is 6. The molecule has 3 heterocycles. The summed E-state index contributed by atoms with van der Waals surface area (Å²) in [6.07, 6.45) is 2.22. The fraction of sp³-hybridized carbons (Fsp3) is 0.212. The van der Waals surface area contributed by atoms with Crippen LogP contribution in [0.2, 0.25) is 10.0 Å². The molecule has 9 nitrogen and oxygen atoms in total. The minimum Gasteiger partial charge on any atom is -0.361 e. The number of fused-ring (bicyclic) bond motifs is 2. The lowest BCUT2D eigenvalue weighted by Crippen LogP contribution is -2.46. The predicted octanol–water partition coefficient (Wildman–Crippen LogP) is 6.14. The lowest BCUT2D eigenvalue weighted by Gasteiger charge is -2.35. The van der Waals surface area contributed by atoms with Crippen LogP contribution >= 0.6 is 23.2 Å². The van der Waals surface area contributed by atoms with E-state index >= 15 is 0 Å². The Hall–Kier alpha value is -4.60. The van der Waals surface area contributed by atoms with Crippen molar-refractivity contribution in [3.63, 3.8) is 0 Å². The van der Waals surface area contributed by atoms with E-state index in [1.165, 1.54) is 0 Å². The van der Waals surface area contributed by atoms with Gasteiger partial charge in [-0.25, -0.2) is 9.55 Å². The summed E-state index contributed by atoms with van der Waals surface area (Å²) in [5.41, 5.74) is 4.32. The van der Waals surface area contributed by atoms with E-state index in [9.17, 15) is 14.4 Å². The standard InChI is InChI=1S/C33H30Cl2N6O3/c1-18-14-25-29(17-40(18)31(43)23-6-10-26(34)27(35)16-23)39-33(38-19(2)21-7-11-28-22(15-21)12-13-37-28)41(32(25)44)24-8-4-20(5-9-24)30(42)36-3/h4-13,15-16,18-19,37H,14,17H2,1-3H3,(H,36,42)(H,38,39)/t18-,19?/m1/s1. The molecule has 11 heteroatoms. The molecule has 44 heavy (non-hydrogen) atoms. The van der Waals surface area contributed by atoms with Gasteiger partial charge in [-0.15, -0.1) is 0 Å². The maximum Gasteiger partial charge on any atom is 0.263 e. The lowest BCUT2D eigenvalue weighted by molar-refractivity contribution is 0.0653. The van der Waals surface area contributed by atoms with Crippen LogP contribution in [0.15, 0.2) is 77.7 Å². The number of hydrogen-bond donors (Lipinski definition) is 3. The van der Waals surface area contributed by atoms with E-state index in [1.807, 2.05) is 38.2 Å². The van der Waals surface area contributed by atoms with Crippen LogP contribution in [-0.2, 0) is 13.0 Å². The molecule has 0 fully saturated rings. The van der Waals surface area contributed by atoms with Gasteiger partial charge in [0, 0.05) is 41.5 Å². The molecule has 0 saturated heterocycles. The number of H-pyrrole nitrogens is 1. The maximum atomic E-state index is 14.2. The molecule has 3 aromatic carbocycles. The van der Waals surface area contributed by atoms with Crippen molar-refractivity contribution in [2.75, 3.05) is 12.4 Å². The number of carbonyl (C=O) groups is 2. The van der Waals surface area contributed by atoms with Crippen LogP contribution in [0.25, 0.3) is 16.6 Å². The summed E-state index contributed by atoms with van der Waals surface area (Å²) in [6, 6.07) is 19.2. The SMILES string of the molecule is CNC(=O)c1ccc(-n2c(NC(C)c3ccc4[nH]ccc4c3)nc3c(c2=O)C[C@@H](C)N(C(=O)c2ccc(Cl)c(Cl)c2)C3)cc1. The van der Waals surface area contributed by atoms with Crippen LogP contribution in [0.1, 0.15) is 57.4 Å². The first-order chi connectivity index (χ1) is 21.1. The van der Waals surface area contributed by atoms with Gasteiger partial charge in [-0.3, -0.25) is 14.4 Å². The van der Waals surface area contributed by atoms with Crippen molar-refractivity contribution in [1.82, 2.24) is 24.8 Å². The van der Waals surface area contributed by atoms with Gasteiger partial charge < -0.3 is 20.5 Å². The van der Waals surface area contributed by atoms with Gasteiger partial charge >= 0.3 is 0 Å². The summed E-state index contributed by atoms with van der Waals surface area (Å²) in [4.78, 5) is 49.8. The average molecular weight is 630 g/mol. The van der Waals surface area contributed by atoms with Crippen LogP contribution in [-0.4, -0.2) is 44.3 Å². The molecular weight excluding hydrogens is 599 g/mol. The number of nitrogens with zero attached hydrogens (tertiary/aromatic N) is 3. The molecular formula is C33H30Cl2N6O3. The van der Waals surface area contributed by atoms with Gasteiger partial charge in [0.15, 0.2) is 0 Å². The summed E-state index contributed by atoms with van der Waals surface area (Å²) in [5, 5.41) is 7.80. The van der Waals surface area contributed by atoms with Gasteiger partial charge in [-0.05, 0) is 91.9 Å². The first-order valence-electron chi connectivity index (χ1n) is 14.2. The molecule has 1 aliphatic rings. The van der Waals surface area contributed by atoms with Gasteiger partial charge in [0.2, 0.25) is 5.95 Å². The smallest absolute Gasteiger partial charge is 0.263 e. The van der Waals surface area contributed by atoms with Crippen LogP contribution in [0.5, 0.6) is 0 Å². The first-order valence-corrected chi connectivity index (χ1v) is 15.0. The predicted molar refractivity (Wildman–Crippen MR) is 173 cm³/mol. The molecule has 2 amide bonds. The summed E-state index contributed by atoms with van der Waals surface area (Å²) >= 11 is 12.3. The Morgan fingerprint density at radius 3 is 2.48 bits per heavy atom. The number of anilines is 1. The molecule has 0 bridgehead atoms. The fourth-order valence-electron chi connectivity index (χ4n) is 5.59. The van der Waals surface area contributed by atoms with Crippen molar-refractivity contribution in [2.24, 2.45) is 0 Å². The lowest BCUT2D eigenvalue weighted by atomic mass is 9.98. The van der Waals surface area contributed by atoms with E-state index < -0.39 is 0 Å². The van der Waals surface area contributed by atoms with Crippen molar-refractivity contribution in [3.8, 4) is 5.69 Å². The number of aromatic amines is 1. The quantitative estimate of drug-likeness (QED) is 0.209. The molecule has 2 aromatic heterocycles. The largest absolute Gasteiger partial charge is 0.361 e. The molecule has 6 rings (SSSR count). The number of amides is 2. The van der Waals surface area contributed by atoms with Crippen molar-refractivity contribution in [2.45, 2.75) is 38.9 Å². The number of carbonyl (C=O) groups excluding carboxylic acids is 2. The Bertz CT molecular complexity index is 1970. The van der Waals surface area contributed by atoms with Crippen LogP contribution in [0, 0.1) is 0 Å². The minimum absolute atomic E-state index is 0.152. The first kappa shape index (κ1) is 29.5. The van der Waals surface area contributed by atoms with Gasteiger partial charge in [0.05, 0.1) is 34.0 Å². The zero-order valence-corrected chi connectivity index (χ0v) is 25.8. The van der Waals surface area contributed by atoms with Gasteiger partial charge in [-0.2, -0.15) is 0 Å². The molecule has 0 radical (unpaired) electrons. The highest BCUT2D eigenvalue weighted by atomic mass is 35.5. The molecule has 0 saturated carbocycles. The molecule has 0 aliphatic carbocycles. The van der Waals surface area contributed by atoms with Gasteiger partial charge in [-0.1, -0.05) is 29.3 Å². The van der Waals surface area contributed by atoms with E-state index in [0.717, 1.165) is 16.5 Å². The minimum atomic E-state index is -0.270. The number of nitrogens with one attached hydrogen (secondary N) is 3. The Labute approximate surface area is 263 Å². The fourth-order valence-corrected chi connectivity index (χ4v) is 5.88. The molecule has 1 unspecified atom stereocenters. The van der Waals surface area contributed by atoms with Crippen molar-refractivity contribution in [3.05, 3.63) is 121 Å². The molecule has 5 aromatic rings. The van der Waals surface area contributed by atoms with E-state index in [-0.39, 0.29) is 36.0 Å². The normalized spacial score (nSPS) is 15.1. The van der Waals surface area contributed by atoms with Crippen LogP contribution in [0.3, 0.4) is 0 Å². The summed E-state index contributed by atoms with van der Waals surface area (Å²) in [7, 11) is 1.57. The third-order valence-corrected chi connectivity index (χ3v) is 8.82. The Morgan fingerprint density at radius 1 is 1.00 bits per heavy atom. The number of halogens is 2. The van der Waals surface area contributed by atoms with Crippen molar-refractivity contribution < 1.29 is 9.59 Å². The van der Waals surface area contributed by atoms with E-state index in [4.69, 9.17) is 28.2 Å². The summed E-state index contributed by atoms with van der Waals surface area (Å²) in [5.74, 6) is -0.111. The van der Waals surface area contributed by atoms with Crippen molar-refractivity contribution >= 4 is 51.9 Å². The number of hydrogen-bond acceptors (Lipinski definition) is 5. The number of benzene rings is 3. The Morgan fingerprint density at radius 2 is 1.75 bits per heavy atom. The second-order valence-corrected chi connectivity index (χ2v) is 11.7. The van der Waals surface area contributed by atoms with Gasteiger partial charge in [0.25, 0.3) is 17.4 Å². The molecule has 0 spiro atoms. The summed E-state index contributed by atoms with van der Waals surface area (Å²) < 4.78 is 1.54. The highest BCUT2D eigenvalue weighted by Crippen LogP contribution is 2.29. The molecule has 1 aliphatic heterocycles. The molecule has 2 atom stereocenters. The van der Waals surface area contributed by atoms with Gasteiger partial charge in [0.1, 0.15) is 0 Å². The van der Waals surface area contributed by atoms with E-state index in [1.54, 1.807) is 59.0 Å². The topological polar surface area (TPSA) is 112 Å². The molecule has 224 valence electrons. The van der Waals surface area contributed by atoms with Crippen LogP contribution < -0.4 is 16.2 Å². The second-order valence-electron chi connectivity index (χ2n) is 10.9.